The van der Waals surface area contributed by atoms with Crippen LogP contribution < -0.4 is 4.90 Å². The number of carbonyl (C=O) groups excluding carboxylic acids is 3. The molecule has 0 aliphatic carbocycles. The van der Waals surface area contributed by atoms with Crippen molar-refractivity contribution in [1.82, 2.24) is 0 Å². The molecule has 1 atom stereocenters. The molecule has 0 N–H and O–H groups in total. The Labute approximate surface area is 138 Å². The van der Waals surface area contributed by atoms with E-state index in [4.69, 9.17) is 4.74 Å². The molecule has 2 heterocycles. The summed E-state index contributed by atoms with van der Waals surface area (Å²) in [5.74, 6) is -0.459. The molecule has 5 nitrogen and oxygen atoms in total. The molecule has 1 aliphatic rings. The van der Waals surface area contributed by atoms with Crippen molar-refractivity contribution < 1.29 is 19.1 Å². The Morgan fingerprint density at radius 3 is 2.68 bits per heavy atom. The third-order valence-electron chi connectivity index (χ3n) is 3.60. The standard InChI is InChI=1S/C15H19NO4S2/c1-5-11-8(2)21-14(13(11)15(19)20-4)16-7-10(6-12(16)18)22-9(3)17/h10H,5-7H2,1-4H3. The molecule has 0 saturated carbocycles. The number of carbonyl (C=O) groups is 3. The molecular weight excluding hydrogens is 322 g/mol. The Morgan fingerprint density at radius 1 is 1.45 bits per heavy atom. The second kappa shape index (κ2) is 6.83. The number of hydrogen-bond acceptors (Lipinski definition) is 6. The first kappa shape index (κ1) is 17.0. The molecule has 0 spiro atoms. The monoisotopic (exact) mass is 341 g/mol. The lowest BCUT2D eigenvalue weighted by Gasteiger charge is -2.16. The van der Waals surface area contributed by atoms with Gasteiger partial charge in [0.15, 0.2) is 5.12 Å². The Kier molecular flexibility index (Phi) is 5.28. The fourth-order valence-electron chi connectivity index (χ4n) is 2.68. The van der Waals surface area contributed by atoms with Crippen LogP contribution in [0, 0.1) is 6.92 Å². The average Bonchev–Trinajstić information content (AvgIpc) is 2.96. The van der Waals surface area contributed by atoms with Gasteiger partial charge in [0.2, 0.25) is 5.91 Å². The lowest BCUT2D eigenvalue weighted by molar-refractivity contribution is -0.117. The van der Waals surface area contributed by atoms with Crippen molar-refractivity contribution in [3.8, 4) is 0 Å². The number of aryl methyl sites for hydroxylation is 1. The van der Waals surface area contributed by atoms with Crippen molar-refractivity contribution in [2.45, 2.75) is 38.9 Å². The first-order valence-electron chi connectivity index (χ1n) is 7.07. The van der Waals surface area contributed by atoms with E-state index in [1.54, 1.807) is 4.90 Å². The molecule has 1 unspecified atom stereocenters. The van der Waals surface area contributed by atoms with Crippen LogP contribution in [0.2, 0.25) is 0 Å². The van der Waals surface area contributed by atoms with Crippen LogP contribution in [0.15, 0.2) is 0 Å². The summed E-state index contributed by atoms with van der Waals surface area (Å²) in [4.78, 5) is 38.3. The smallest absolute Gasteiger partial charge is 0.341 e. The van der Waals surface area contributed by atoms with Crippen LogP contribution in [0.5, 0.6) is 0 Å². The number of ether oxygens (including phenoxy) is 1. The van der Waals surface area contributed by atoms with Crippen LogP contribution in [-0.2, 0) is 20.7 Å². The van der Waals surface area contributed by atoms with Gasteiger partial charge in [0.05, 0.1) is 12.7 Å². The summed E-state index contributed by atoms with van der Waals surface area (Å²) in [6.45, 7) is 5.88. The first-order valence-corrected chi connectivity index (χ1v) is 8.76. The van der Waals surface area contributed by atoms with Gasteiger partial charge in [-0.05, 0) is 18.9 Å². The molecule has 0 radical (unpaired) electrons. The van der Waals surface area contributed by atoms with Crippen LogP contribution in [0.4, 0.5) is 5.00 Å². The van der Waals surface area contributed by atoms with E-state index in [1.165, 1.54) is 37.1 Å². The van der Waals surface area contributed by atoms with E-state index < -0.39 is 5.97 Å². The van der Waals surface area contributed by atoms with Gasteiger partial charge in [0, 0.05) is 30.0 Å². The highest BCUT2D eigenvalue weighted by molar-refractivity contribution is 8.14. The summed E-state index contributed by atoms with van der Waals surface area (Å²) in [5.41, 5.74) is 1.43. The molecule has 1 aromatic heterocycles. The Hall–Kier alpha value is -1.34. The maximum absolute atomic E-state index is 12.3. The molecule has 1 aliphatic heterocycles. The van der Waals surface area contributed by atoms with E-state index in [0.29, 0.717) is 30.0 Å². The zero-order valence-corrected chi connectivity index (χ0v) is 14.7. The summed E-state index contributed by atoms with van der Waals surface area (Å²) in [6, 6.07) is 0. The summed E-state index contributed by atoms with van der Waals surface area (Å²) in [6.07, 6.45) is 1.03. The molecule has 0 bridgehead atoms. The number of esters is 1. The largest absolute Gasteiger partial charge is 0.465 e. The lowest BCUT2D eigenvalue weighted by atomic mass is 10.1. The van der Waals surface area contributed by atoms with Crippen LogP contribution in [-0.4, -0.2) is 35.9 Å². The number of amides is 1. The van der Waals surface area contributed by atoms with Gasteiger partial charge in [0.1, 0.15) is 5.00 Å². The second-order valence-corrected chi connectivity index (χ2v) is 7.78. The van der Waals surface area contributed by atoms with Crippen molar-refractivity contribution in [1.29, 1.82) is 0 Å². The predicted octanol–water partition coefficient (Wildman–Crippen LogP) is 2.79. The lowest BCUT2D eigenvalue weighted by Crippen LogP contribution is -2.26. The van der Waals surface area contributed by atoms with Gasteiger partial charge in [-0.3, -0.25) is 9.59 Å². The van der Waals surface area contributed by atoms with Gasteiger partial charge in [-0.1, -0.05) is 18.7 Å². The summed E-state index contributed by atoms with van der Waals surface area (Å²) >= 11 is 2.63. The van der Waals surface area contributed by atoms with Crippen LogP contribution in [0.1, 0.15) is 41.1 Å². The third-order valence-corrected chi connectivity index (χ3v) is 5.75. The molecule has 1 fully saturated rings. The van der Waals surface area contributed by atoms with Crippen molar-refractivity contribution in [2.75, 3.05) is 18.6 Å². The summed E-state index contributed by atoms with van der Waals surface area (Å²) in [5, 5.41) is 0.602. The number of methoxy groups -OCH3 is 1. The van der Waals surface area contributed by atoms with Gasteiger partial charge in [-0.2, -0.15) is 0 Å². The van der Waals surface area contributed by atoms with Crippen molar-refractivity contribution in [2.24, 2.45) is 0 Å². The number of thioether (sulfide) groups is 1. The molecule has 1 saturated heterocycles. The fraction of sp³-hybridized carbons (Fsp3) is 0.533. The fourth-order valence-corrected chi connectivity index (χ4v) is 4.85. The van der Waals surface area contributed by atoms with Gasteiger partial charge < -0.3 is 9.64 Å². The highest BCUT2D eigenvalue weighted by Crippen LogP contribution is 2.40. The van der Waals surface area contributed by atoms with Crippen LogP contribution >= 0.6 is 23.1 Å². The zero-order valence-electron chi connectivity index (χ0n) is 13.1. The minimum Gasteiger partial charge on any atom is -0.465 e. The number of nitrogens with zero attached hydrogens (tertiary/aromatic N) is 1. The van der Waals surface area contributed by atoms with Gasteiger partial charge >= 0.3 is 5.97 Å². The van der Waals surface area contributed by atoms with Crippen molar-refractivity contribution in [3.63, 3.8) is 0 Å². The quantitative estimate of drug-likeness (QED) is 0.788. The van der Waals surface area contributed by atoms with Gasteiger partial charge in [-0.15, -0.1) is 11.3 Å². The Balaban J connectivity index is 2.38. The molecule has 7 heteroatoms. The SMILES string of the molecule is CCc1c(C)sc(N2CC(SC(C)=O)CC2=O)c1C(=O)OC. The topological polar surface area (TPSA) is 63.7 Å². The number of rotatable bonds is 4. The zero-order chi connectivity index (χ0) is 16.4. The summed E-state index contributed by atoms with van der Waals surface area (Å²) < 4.78 is 4.89. The minimum absolute atomic E-state index is 0.00412. The van der Waals surface area contributed by atoms with E-state index in [1.807, 2.05) is 13.8 Å². The molecule has 22 heavy (non-hydrogen) atoms. The normalized spacial score (nSPS) is 17.9. The van der Waals surface area contributed by atoms with Crippen molar-refractivity contribution in [3.05, 3.63) is 16.0 Å². The minimum atomic E-state index is -0.410. The van der Waals surface area contributed by atoms with E-state index in [2.05, 4.69) is 0 Å². The molecular formula is C15H19NO4S2. The molecule has 1 aromatic rings. The first-order chi connectivity index (χ1) is 10.4. The van der Waals surface area contributed by atoms with Gasteiger partial charge in [-0.25, -0.2) is 4.79 Å². The predicted molar refractivity (Wildman–Crippen MR) is 88.8 cm³/mol. The highest BCUT2D eigenvalue weighted by Gasteiger charge is 2.36. The third kappa shape index (κ3) is 3.20. The van der Waals surface area contributed by atoms with E-state index >= 15 is 0 Å². The van der Waals surface area contributed by atoms with Crippen molar-refractivity contribution >= 4 is 45.1 Å². The molecule has 1 amide bonds. The van der Waals surface area contributed by atoms with Crippen LogP contribution in [0.25, 0.3) is 0 Å². The highest BCUT2D eigenvalue weighted by atomic mass is 32.2. The van der Waals surface area contributed by atoms with E-state index in [9.17, 15) is 14.4 Å². The summed E-state index contributed by atoms with van der Waals surface area (Å²) in [7, 11) is 1.35. The Bertz CT molecular complexity index is 623. The number of anilines is 1. The van der Waals surface area contributed by atoms with Gasteiger partial charge in [0.25, 0.3) is 0 Å². The number of thiophene rings is 1. The Morgan fingerprint density at radius 2 is 2.14 bits per heavy atom. The average molecular weight is 341 g/mol. The second-order valence-electron chi connectivity index (χ2n) is 5.10. The number of hydrogen-bond donors (Lipinski definition) is 0. The van der Waals surface area contributed by atoms with Crippen LogP contribution in [0.3, 0.4) is 0 Å². The molecule has 2 rings (SSSR count). The maximum Gasteiger partial charge on any atom is 0.341 e. The van der Waals surface area contributed by atoms with E-state index in [0.717, 1.165) is 10.4 Å². The molecule has 0 aromatic carbocycles. The molecule has 120 valence electrons. The maximum atomic E-state index is 12.3. The van der Waals surface area contributed by atoms with E-state index in [-0.39, 0.29) is 16.3 Å².